The van der Waals surface area contributed by atoms with Gasteiger partial charge in [-0.05, 0) is 31.5 Å². The molecule has 1 aliphatic heterocycles. The standard InChI is InChI=1S/C17H22ClN3O4S/c1-3-25-8-4-7-19-17-21-16(23)14(26-17)10-15(22)20-11-5-6-13(24-2)12(18)9-11/h5-6,9,14H,3-4,7-8,10H2,1-2H3,(H,20,22)(H,19,21,23)/t14-/m1/s1. The number of thioether (sulfide) groups is 1. The molecule has 1 aromatic rings. The van der Waals surface area contributed by atoms with Crippen molar-refractivity contribution < 1.29 is 19.1 Å². The van der Waals surface area contributed by atoms with Crippen molar-refractivity contribution in [3.63, 3.8) is 0 Å². The summed E-state index contributed by atoms with van der Waals surface area (Å²) in [7, 11) is 1.52. The summed E-state index contributed by atoms with van der Waals surface area (Å²) < 4.78 is 10.3. The largest absolute Gasteiger partial charge is 0.495 e. The molecule has 2 amide bonds. The monoisotopic (exact) mass is 399 g/mol. The summed E-state index contributed by atoms with van der Waals surface area (Å²) in [5.74, 6) is 0.0542. The van der Waals surface area contributed by atoms with E-state index in [4.69, 9.17) is 21.1 Å². The molecule has 1 saturated heterocycles. The van der Waals surface area contributed by atoms with E-state index in [2.05, 4.69) is 15.6 Å². The summed E-state index contributed by atoms with van der Waals surface area (Å²) in [5, 5.41) is 5.90. The van der Waals surface area contributed by atoms with E-state index < -0.39 is 5.25 Å². The third-order valence-corrected chi connectivity index (χ3v) is 4.90. The molecule has 9 heteroatoms. The molecule has 1 aromatic carbocycles. The Hall–Kier alpha value is -1.77. The van der Waals surface area contributed by atoms with Crippen LogP contribution in [0.1, 0.15) is 19.8 Å². The lowest BCUT2D eigenvalue weighted by atomic mass is 10.2. The smallest absolute Gasteiger partial charge is 0.240 e. The molecular formula is C17H22ClN3O4S. The fraction of sp³-hybridized carbons (Fsp3) is 0.471. The number of hydrogen-bond acceptors (Lipinski definition) is 6. The number of benzene rings is 1. The second-order valence-electron chi connectivity index (χ2n) is 5.43. The number of nitrogens with one attached hydrogen (secondary N) is 2. The van der Waals surface area contributed by atoms with E-state index in [9.17, 15) is 9.59 Å². The van der Waals surface area contributed by atoms with Gasteiger partial charge in [0.2, 0.25) is 11.8 Å². The number of halogens is 1. The highest BCUT2D eigenvalue weighted by atomic mass is 35.5. The van der Waals surface area contributed by atoms with Crippen LogP contribution in [0.4, 0.5) is 5.69 Å². The fourth-order valence-corrected chi connectivity index (χ4v) is 3.48. The lowest BCUT2D eigenvalue weighted by Crippen LogP contribution is -2.28. The number of hydrogen-bond donors (Lipinski definition) is 2. The molecule has 2 N–H and O–H groups in total. The molecule has 2 rings (SSSR count). The van der Waals surface area contributed by atoms with E-state index in [0.717, 1.165) is 6.42 Å². The van der Waals surface area contributed by atoms with Crippen LogP contribution in [0.15, 0.2) is 23.2 Å². The molecule has 142 valence electrons. The number of aliphatic imine (C=N–C) groups is 1. The van der Waals surface area contributed by atoms with E-state index in [1.165, 1.54) is 18.9 Å². The maximum absolute atomic E-state index is 12.2. The fourth-order valence-electron chi connectivity index (χ4n) is 2.23. The number of ether oxygens (including phenoxy) is 2. The zero-order valence-corrected chi connectivity index (χ0v) is 16.3. The first kappa shape index (κ1) is 20.5. The zero-order chi connectivity index (χ0) is 18.9. The van der Waals surface area contributed by atoms with E-state index in [1.807, 2.05) is 6.92 Å². The highest BCUT2D eigenvalue weighted by Gasteiger charge is 2.31. The quantitative estimate of drug-likeness (QED) is 0.623. The van der Waals surface area contributed by atoms with Gasteiger partial charge >= 0.3 is 0 Å². The van der Waals surface area contributed by atoms with Crippen LogP contribution in [0.5, 0.6) is 5.75 Å². The Morgan fingerprint density at radius 2 is 2.27 bits per heavy atom. The van der Waals surface area contributed by atoms with Crippen molar-refractivity contribution in [1.29, 1.82) is 0 Å². The van der Waals surface area contributed by atoms with E-state index in [1.54, 1.807) is 18.2 Å². The van der Waals surface area contributed by atoms with E-state index >= 15 is 0 Å². The highest BCUT2D eigenvalue weighted by Crippen LogP contribution is 2.28. The second kappa shape index (κ2) is 10.4. The lowest BCUT2D eigenvalue weighted by molar-refractivity contribution is -0.122. The van der Waals surface area contributed by atoms with Gasteiger partial charge in [-0.3, -0.25) is 14.6 Å². The third kappa shape index (κ3) is 6.19. The zero-order valence-electron chi connectivity index (χ0n) is 14.7. The van der Waals surface area contributed by atoms with Gasteiger partial charge in [0.15, 0.2) is 5.17 Å². The van der Waals surface area contributed by atoms with E-state index in [-0.39, 0.29) is 18.2 Å². The maximum atomic E-state index is 12.2. The minimum absolute atomic E-state index is 0.0537. The first-order chi connectivity index (χ1) is 12.5. The van der Waals surface area contributed by atoms with Crippen molar-refractivity contribution >= 4 is 46.0 Å². The van der Waals surface area contributed by atoms with Crippen LogP contribution >= 0.6 is 23.4 Å². The van der Waals surface area contributed by atoms with Crippen LogP contribution in [-0.2, 0) is 14.3 Å². The summed E-state index contributed by atoms with van der Waals surface area (Å²) in [6, 6.07) is 4.96. The molecule has 0 saturated carbocycles. The summed E-state index contributed by atoms with van der Waals surface area (Å²) >= 11 is 7.31. The molecule has 0 spiro atoms. The molecule has 0 bridgehead atoms. The average molecular weight is 400 g/mol. The van der Waals surface area contributed by atoms with Crippen LogP contribution in [0, 0.1) is 0 Å². The summed E-state index contributed by atoms with van der Waals surface area (Å²) in [5.41, 5.74) is 0.550. The summed E-state index contributed by atoms with van der Waals surface area (Å²) in [4.78, 5) is 28.5. The molecule has 0 aromatic heterocycles. The number of carbonyl (C=O) groups is 2. The number of rotatable bonds is 9. The lowest BCUT2D eigenvalue weighted by Gasteiger charge is -2.09. The van der Waals surface area contributed by atoms with Gasteiger partial charge in [-0.15, -0.1) is 0 Å². The number of amides is 2. The topological polar surface area (TPSA) is 89.0 Å². The van der Waals surface area contributed by atoms with Gasteiger partial charge in [0.05, 0.1) is 12.1 Å². The van der Waals surface area contributed by atoms with Crippen molar-refractivity contribution in [3.8, 4) is 5.75 Å². The van der Waals surface area contributed by atoms with Gasteiger partial charge in [-0.1, -0.05) is 23.4 Å². The Morgan fingerprint density at radius 1 is 1.46 bits per heavy atom. The van der Waals surface area contributed by atoms with Crippen LogP contribution in [0.25, 0.3) is 0 Å². The number of nitrogens with zero attached hydrogens (tertiary/aromatic N) is 1. The molecule has 1 atom stereocenters. The van der Waals surface area contributed by atoms with Gasteiger partial charge in [0, 0.05) is 31.9 Å². The predicted octanol–water partition coefficient (Wildman–Crippen LogP) is 2.69. The van der Waals surface area contributed by atoms with Crippen LogP contribution < -0.4 is 15.4 Å². The number of anilines is 1. The minimum atomic E-state index is -0.491. The van der Waals surface area contributed by atoms with E-state index in [0.29, 0.717) is 41.4 Å². The molecule has 0 radical (unpaired) electrons. The van der Waals surface area contributed by atoms with Crippen molar-refractivity contribution in [2.75, 3.05) is 32.2 Å². The Balaban J connectivity index is 1.82. The second-order valence-corrected chi connectivity index (χ2v) is 7.03. The van der Waals surface area contributed by atoms with Crippen molar-refractivity contribution in [2.45, 2.75) is 25.0 Å². The Labute approximate surface area is 161 Å². The van der Waals surface area contributed by atoms with Crippen molar-refractivity contribution in [3.05, 3.63) is 23.2 Å². The number of amidine groups is 1. The van der Waals surface area contributed by atoms with Gasteiger partial charge in [-0.25, -0.2) is 0 Å². The molecule has 26 heavy (non-hydrogen) atoms. The summed E-state index contributed by atoms with van der Waals surface area (Å²) in [6.07, 6.45) is 0.843. The Morgan fingerprint density at radius 3 is 2.96 bits per heavy atom. The van der Waals surface area contributed by atoms with Crippen molar-refractivity contribution in [1.82, 2.24) is 5.32 Å². The number of carbonyl (C=O) groups excluding carboxylic acids is 2. The van der Waals surface area contributed by atoms with Gasteiger partial charge in [0.1, 0.15) is 11.0 Å². The normalized spacial score (nSPS) is 18.0. The molecular weight excluding hydrogens is 378 g/mol. The molecule has 0 unspecified atom stereocenters. The molecule has 1 aliphatic rings. The van der Waals surface area contributed by atoms with Gasteiger partial charge < -0.3 is 20.1 Å². The van der Waals surface area contributed by atoms with Crippen molar-refractivity contribution in [2.24, 2.45) is 4.99 Å². The average Bonchev–Trinajstić information content (AvgIpc) is 2.94. The first-order valence-corrected chi connectivity index (χ1v) is 9.52. The van der Waals surface area contributed by atoms with Crippen LogP contribution in [0.3, 0.4) is 0 Å². The molecule has 1 fully saturated rings. The highest BCUT2D eigenvalue weighted by molar-refractivity contribution is 8.15. The molecule has 1 heterocycles. The Kier molecular flexibility index (Phi) is 8.21. The number of methoxy groups -OCH3 is 1. The van der Waals surface area contributed by atoms with Crippen LogP contribution in [-0.4, -0.2) is 49.1 Å². The van der Waals surface area contributed by atoms with Gasteiger partial charge in [-0.2, -0.15) is 0 Å². The predicted molar refractivity (Wildman–Crippen MR) is 104 cm³/mol. The molecule has 0 aliphatic carbocycles. The van der Waals surface area contributed by atoms with Gasteiger partial charge in [0.25, 0.3) is 0 Å². The molecule has 7 nitrogen and oxygen atoms in total. The SMILES string of the molecule is CCOCCCN=C1NC(=O)[C@@H](CC(=O)Nc2ccc(OC)c(Cl)c2)S1. The van der Waals surface area contributed by atoms with Crippen LogP contribution in [0.2, 0.25) is 5.02 Å². The first-order valence-electron chi connectivity index (χ1n) is 8.26. The summed E-state index contributed by atoms with van der Waals surface area (Å²) in [6.45, 7) is 3.83. The Bertz CT molecular complexity index is 684. The third-order valence-electron chi connectivity index (χ3n) is 3.49. The maximum Gasteiger partial charge on any atom is 0.240 e. The minimum Gasteiger partial charge on any atom is -0.495 e.